The Morgan fingerprint density at radius 3 is 2.48 bits per heavy atom. The zero-order valence-corrected chi connectivity index (χ0v) is 20.1. The van der Waals surface area contributed by atoms with Crippen molar-refractivity contribution in [1.29, 1.82) is 0 Å². The average Bonchev–Trinajstić information content (AvgIpc) is 2.85. The molecule has 1 aromatic carbocycles. The molecule has 0 amide bonds. The highest BCUT2D eigenvalue weighted by Gasteiger charge is 2.43. The summed E-state index contributed by atoms with van der Waals surface area (Å²) < 4.78 is 14.2. The molecule has 1 heterocycles. The molecule has 1 aromatic heterocycles. The molecule has 1 fully saturated rings. The van der Waals surface area contributed by atoms with Gasteiger partial charge in [0.2, 0.25) is 0 Å². The number of pyridine rings is 1. The van der Waals surface area contributed by atoms with Gasteiger partial charge >= 0.3 is 0 Å². The van der Waals surface area contributed by atoms with Crippen molar-refractivity contribution in [3.05, 3.63) is 65.9 Å². The van der Waals surface area contributed by atoms with Crippen molar-refractivity contribution >= 4 is 5.78 Å². The zero-order chi connectivity index (χ0) is 23.7. The second-order valence-corrected chi connectivity index (χ2v) is 9.37. The van der Waals surface area contributed by atoms with Gasteiger partial charge < -0.3 is 5.11 Å². The monoisotopic (exact) mass is 451 g/mol. The van der Waals surface area contributed by atoms with E-state index in [1.807, 2.05) is 13.1 Å². The highest BCUT2D eigenvalue weighted by atomic mass is 19.1. The fraction of sp³-hybridized carbons (Fsp3) is 0.517. The Kier molecular flexibility index (Phi) is 9.37. The third-order valence-electron chi connectivity index (χ3n) is 6.87. The lowest BCUT2D eigenvalue weighted by molar-refractivity contribution is -0.146. The number of ketones is 1. The van der Waals surface area contributed by atoms with Crippen molar-refractivity contribution in [2.45, 2.75) is 95.7 Å². The fourth-order valence-electron chi connectivity index (χ4n) is 4.68. The van der Waals surface area contributed by atoms with Gasteiger partial charge in [0.15, 0.2) is 12.0 Å². The maximum absolute atomic E-state index is 14.2. The van der Waals surface area contributed by atoms with Crippen LogP contribution in [-0.2, 0) is 11.2 Å². The molecule has 0 radical (unpaired) electrons. The number of aromatic nitrogens is 1. The first-order valence-corrected chi connectivity index (χ1v) is 12.6. The number of hydrogen-bond donors (Lipinski definition) is 1. The summed E-state index contributed by atoms with van der Waals surface area (Å²) in [4.78, 5) is 17.1. The van der Waals surface area contributed by atoms with Gasteiger partial charge in [-0.3, -0.25) is 9.78 Å². The molecule has 178 valence electrons. The van der Waals surface area contributed by atoms with E-state index in [2.05, 4.69) is 60.5 Å². The molecule has 0 bridgehead atoms. The minimum absolute atomic E-state index is 0.216. The molecular formula is C29H38FNO2. The normalized spacial score (nSPS) is 21.9. The van der Waals surface area contributed by atoms with Crippen molar-refractivity contribution in [2.24, 2.45) is 0 Å². The lowest BCUT2D eigenvalue weighted by atomic mass is 9.73. The van der Waals surface area contributed by atoms with E-state index in [1.165, 1.54) is 11.1 Å². The highest BCUT2D eigenvalue weighted by Crippen LogP contribution is 2.40. The number of carbonyl (C=O) groups is 1. The van der Waals surface area contributed by atoms with Gasteiger partial charge in [0.25, 0.3) is 0 Å². The number of halogens is 1. The summed E-state index contributed by atoms with van der Waals surface area (Å²) >= 11 is 0. The van der Waals surface area contributed by atoms with Crippen LogP contribution in [0.5, 0.6) is 0 Å². The number of Topliss-reactive ketones (excluding diaryl/α,β-unsaturated/α-hetero) is 1. The first-order valence-electron chi connectivity index (χ1n) is 12.6. The van der Waals surface area contributed by atoms with Crippen LogP contribution in [0.15, 0.2) is 54.7 Å². The molecule has 0 unspecified atom stereocenters. The Bertz CT molecular complexity index is 896. The van der Waals surface area contributed by atoms with E-state index in [0.29, 0.717) is 32.1 Å². The number of benzene rings is 1. The molecular weight excluding hydrogens is 413 g/mol. The summed E-state index contributed by atoms with van der Waals surface area (Å²) in [5.74, 6) is -0.326. The Labute approximate surface area is 198 Å². The molecule has 1 aliphatic rings. The summed E-state index contributed by atoms with van der Waals surface area (Å²) in [6.07, 6.45) is 11.7. The van der Waals surface area contributed by atoms with Crippen molar-refractivity contribution in [3.8, 4) is 11.3 Å². The van der Waals surface area contributed by atoms with E-state index in [-0.39, 0.29) is 12.3 Å². The number of nitrogens with zero attached hydrogens (tertiary/aromatic N) is 1. The summed E-state index contributed by atoms with van der Waals surface area (Å²) in [6.45, 7) is 4.12. The fourth-order valence-corrected chi connectivity index (χ4v) is 4.68. The summed E-state index contributed by atoms with van der Waals surface area (Å²) in [6, 6.07) is 12.7. The molecule has 3 nitrogen and oxygen atoms in total. The molecule has 2 aromatic rings. The van der Waals surface area contributed by atoms with Gasteiger partial charge in [0.05, 0.1) is 5.69 Å². The van der Waals surface area contributed by atoms with Gasteiger partial charge in [-0.2, -0.15) is 0 Å². The number of carbonyl (C=O) groups excluding carboxylic acids is 1. The number of aryl methyl sites for hydroxylation is 1. The highest BCUT2D eigenvalue weighted by molar-refractivity contribution is 5.91. The number of unbranched alkanes of at least 4 members (excludes halogenated alkanes) is 1. The van der Waals surface area contributed by atoms with E-state index >= 15 is 0 Å². The number of hydrogen-bond acceptors (Lipinski definition) is 3. The van der Waals surface area contributed by atoms with Crippen LogP contribution in [0.4, 0.5) is 4.39 Å². The Morgan fingerprint density at radius 1 is 1.15 bits per heavy atom. The Hall–Kier alpha value is -2.33. The molecule has 0 spiro atoms. The van der Waals surface area contributed by atoms with Crippen LogP contribution in [0.1, 0.15) is 88.7 Å². The molecule has 33 heavy (non-hydrogen) atoms. The number of aliphatic hydroxyl groups is 1. The third-order valence-corrected chi connectivity index (χ3v) is 6.87. The van der Waals surface area contributed by atoms with Gasteiger partial charge in [0.1, 0.15) is 5.60 Å². The topological polar surface area (TPSA) is 50.2 Å². The van der Waals surface area contributed by atoms with Crippen molar-refractivity contribution in [2.75, 3.05) is 0 Å². The van der Waals surface area contributed by atoms with Gasteiger partial charge in [-0.25, -0.2) is 4.39 Å². The van der Waals surface area contributed by atoms with Gasteiger partial charge in [-0.1, -0.05) is 69.2 Å². The SMILES string of the molecule is CC/C=C/CCc1ccc(-c2ccc([C@H]3CC[C@@](O)(C(=O)[C@@H](F)CCCC)CC3)cc2)nc1. The first kappa shape index (κ1) is 25.3. The van der Waals surface area contributed by atoms with E-state index in [1.54, 1.807) is 0 Å². The maximum Gasteiger partial charge on any atom is 0.198 e. The molecule has 1 aliphatic carbocycles. The van der Waals surface area contributed by atoms with Crippen LogP contribution in [0.2, 0.25) is 0 Å². The number of rotatable bonds is 11. The van der Waals surface area contributed by atoms with Gasteiger partial charge in [-0.15, -0.1) is 0 Å². The van der Waals surface area contributed by atoms with Crippen LogP contribution in [0.3, 0.4) is 0 Å². The van der Waals surface area contributed by atoms with Gasteiger partial charge in [0, 0.05) is 11.8 Å². The minimum atomic E-state index is -1.54. The first-order chi connectivity index (χ1) is 16.0. The van der Waals surface area contributed by atoms with Crippen LogP contribution in [0.25, 0.3) is 11.3 Å². The van der Waals surface area contributed by atoms with Crippen molar-refractivity contribution in [1.82, 2.24) is 4.98 Å². The van der Waals surface area contributed by atoms with Crippen LogP contribution in [0, 0.1) is 0 Å². The lowest BCUT2D eigenvalue weighted by Crippen LogP contribution is -2.46. The van der Waals surface area contributed by atoms with E-state index in [0.717, 1.165) is 36.9 Å². The predicted octanol–water partition coefficient (Wildman–Crippen LogP) is 7.13. The lowest BCUT2D eigenvalue weighted by Gasteiger charge is -2.35. The van der Waals surface area contributed by atoms with Crippen LogP contribution >= 0.6 is 0 Å². The molecule has 0 saturated heterocycles. The molecule has 4 heteroatoms. The summed E-state index contributed by atoms with van der Waals surface area (Å²) in [5, 5.41) is 10.8. The second kappa shape index (κ2) is 12.2. The predicted molar refractivity (Wildman–Crippen MR) is 133 cm³/mol. The van der Waals surface area contributed by atoms with E-state index in [9.17, 15) is 14.3 Å². The second-order valence-electron chi connectivity index (χ2n) is 9.37. The average molecular weight is 452 g/mol. The number of allylic oxidation sites excluding steroid dienone is 2. The van der Waals surface area contributed by atoms with Crippen LogP contribution in [-0.4, -0.2) is 27.6 Å². The summed E-state index contributed by atoms with van der Waals surface area (Å²) in [7, 11) is 0. The molecule has 1 N–H and O–H groups in total. The Balaban J connectivity index is 1.55. The van der Waals surface area contributed by atoms with Crippen molar-refractivity contribution < 1.29 is 14.3 Å². The number of alkyl halides is 1. The summed E-state index contributed by atoms with van der Waals surface area (Å²) in [5.41, 5.74) is 2.98. The Morgan fingerprint density at radius 2 is 1.88 bits per heavy atom. The maximum atomic E-state index is 14.2. The van der Waals surface area contributed by atoms with Crippen LogP contribution < -0.4 is 0 Å². The minimum Gasteiger partial charge on any atom is -0.382 e. The van der Waals surface area contributed by atoms with E-state index in [4.69, 9.17) is 0 Å². The largest absolute Gasteiger partial charge is 0.382 e. The molecule has 3 rings (SSSR count). The smallest absolute Gasteiger partial charge is 0.198 e. The molecule has 1 saturated carbocycles. The molecule has 1 atom stereocenters. The van der Waals surface area contributed by atoms with Crippen molar-refractivity contribution in [3.63, 3.8) is 0 Å². The molecule has 0 aliphatic heterocycles. The van der Waals surface area contributed by atoms with E-state index < -0.39 is 17.6 Å². The van der Waals surface area contributed by atoms with Gasteiger partial charge in [-0.05, 0) is 74.5 Å². The zero-order valence-electron chi connectivity index (χ0n) is 20.1. The quantitative estimate of drug-likeness (QED) is 0.370. The standard InChI is InChI=1S/C29H38FNO2/c1-3-5-7-8-9-22-11-16-27(31-21-22)25-14-12-23(13-15-25)24-17-19-29(33,20-18-24)28(32)26(30)10-6-4-2/h5,7,11-16,21,24,26,33H,3-4,6,8-10,17-20H2,1-2H3/b7-5+/t24-,26-,29-/m0/s1. The third kappa shape index (κ3) is 6.83.